The van der Waals surface area contributed by atoms with Crippen molar-refractivity contribution < 1.29 is 24.1 Å². The number of ketones is 1. The van der Waals surface area contributed by atoms with Gasteiger partial charge in [0.2, 0.25) is 5.78 Å². The Hall–Kier alpha value is -2.44. The molecule has 3 N–H and O–H groups in total. The Labute approximate surface area is 172 Å². The number of hydrogen-bond donors (Lipinski definition) is 3. The number of benzene rings is 1. The van der Waals surface area contributed by atoms with E-state index in [4.69, 9.17) is 4.74 Å². The van der Waals surface area contributed by atoms with Gasteiger partial charge in [-0.25, -0.2) is 4.79 Å². The zero-order chi connectivity index (χ0) is 21.0. The van der Waals surface area contributed by atoms with Gasteiger partial charge in [0, 0.05) is 17.0 Å². The summed E-state index contributed by atoms with van der Waals surface area (Å²) in [7, 11) is 0. The number of quaternary nitrogens is 2. The SMILES string of the molecule is CCOC(=O)c1c(C)[nH]c(C)c1C(=O)C[NH+]1CC[NH+](Cc2ccccc2C)CC1. The van der Waals surface area contributed by atoms with Crippen LogP contribution in [0.3, 0.4) is 0 Å². The highest BCUT2D eigenvalue weighted by Crippen LogP contribution is 2.19. The number of aromatic amines is 1. The molecule has 0 saturated carbocycles. The maximum absolute atomic E-state index is 13.0. The van der Waals surface area contributed by atoms with E-state index in [1.54, 1.807) is 11.8 Å². The van der Waals surface area contributed by atoms with E-state index in [1.165, 1.54) is 16.0 Å². The molecule has 2 aromatic rings. The van der Waals surface area contributed by atoms with Crippen LogP contribution in [0, 0.1) is 20.8 Å². The normalized spacial score (nSPS) is 19.2. The first-order valence-electron chi connectivity index (χ1n) is 10.5. The monoisotopic (exact) mass is 399 g/mol. The molecule has 1 saturated heterocycles. The summed E-state index contributed by atoms with van der Waals surface area (Å²) in [5, 5.41) is 0. The van der Waals surface area contributed by atoms with E-state index in [0.29, 0.717) is 30.0 Å². The summed E-state index contributed by atoms with van der Waals surface area (Å²) in [5.41, 5.74) is 5.10. The van der Waals surface area contributed by atoms with E-state index in [0.717, 1.165) is 38.4 Å². The fraction of sp³-hybridized carbons (Fsp3) is 0.478. The first kappa shape index (κ1) is 21.3. The molecule has 6 heteroatoms. The summed E-state index contributed by atoms with van der Waals surface area (Å²) < 4.78 is 5.16. The van der Waals surface area contributed by atoms with E-state index < -0.39 is 5.97 Å². The van der Waals surface area contributed by atoms with Crippen LogP contribution < -0.4 is 9.80 Å². The minimum absolute atomic E-state index is 0.0206. The number of Topliss-reactive ketones (excluding diaryl/α,β-unsaturated/α-hetero) is 1. The van der Waals surface area contributed by atoms with Gasteiger partial charge in [0.15, 0.2) is 0 Å². The van der Waals surface area contributed by atoms with Crippen LogP contribution in [0.5, 0.6) is 0 Å². The number of aromatic nitrogens is 1. The number of nitrogens with one attached hydrogen (secondary N) is 3. The lowest BCUT2D eigenvalue weighted by Crippen LogP contribution is -3.27. The van der Waals surface area contributed by atoms with Crippen molar-refractivity contribution in [1.29, 1.82) is 0 Å². The number of carbonyl (C=O) groups excluding carboxylic acids is 2. The molecule has 0 spiro atoms. The number of esters is 1. The third kappa shape index (κ3) is 4.95. The lowest BCUT2D eigenvalue weighted by Gasteiger charge is -2.29. The standard InChI is InChI=1S/C23H31N3O3/c1-5-29-23(28)22-18(4)24-17(3)21(22)20(27)15-26-12-10-25(11-13-26)14-19-9-7-6-8-16(19)2/h6-9,24H,5,10-15H2,1-4H3/p+2. The van der Waals surface area contributed by atoms with Gasteiger partial charge in [0.1, 0.15) is 39.3 Å². The lowest BCUT2D eigenvalue weighted by atomic mass is 10.0. The first-order chi connectivity index (χ1) is 13.9. The Morgan fingerprint density at radius 3 is 2.24 bits per heavy atom. The number of piperazine rings is 1. The van der Waals surface area contributed by atoms with Crippen LogP contribution in [0.25, 0.3) is 0 Å². The molecule has 1 fully saturated rings. The van der Waals surface area contributed by atoms with Crippen molar-refractivity contribution in [2.75, 3.05) is 39.3 Å². The molecule has 0 amide bonds. The molecule has 0 bridgehead atoms. The lowest BCUT2D eigenvalue weighted by molar-refractivity contribution is -1.01. The van der Waals surface area contributed by atoms with Crippen LogP contribution >= 0.6 is 0 Å². The van der Waals surface area contributed by atoms with Crippen LogP contribution in [-0.2, 0) is 11.3 Å². The van der Waals surface area contributed by atoms with Gasteiger partial charge in [-0.15, -0.1) is 0 Å². The van der Waals surface area contributed by atoms with E-state index in [1.807, 2.05) is 13.8 Å². The number of hydrogen-bond acceptors (Lipinski definition) is 3. The topological polar surface area (TPSA) is 68.0 Å². The van der Waals surface area contributed by atoms with Crippen molar-refractivity contribution in [3.05, 3.63) is 57.9 Å². The molecular weight excluding hydrogens is 366 g/mol. The Kier molecular flexibility index (Phi) is 6.87. The first-order valence-corrected chi connectivity index (χ1v) is 10.5. The van der Waals surface area contributed by atoms with Crippen molar-refractivity contribution in [3.8, 4) is 0 Å². The number of H-pyrrole nitrogens is 1. The second-order valence-corrected chi connectivity index (χ2v) is 8.05. The largest absolute Gasteiger partial charge is 0.462 e. The summed E-state index contributed by atoms with van der Waals surface area (Å²) in [6.45, 7) is 13.4. The van der Waals surface area contributed by atoms with Crippen molar-refractivity contribution in [2.24, 2.45) is 0 Å². The summed E-state index contributed by atoms with van der Waals surface area (Å²) in [6.07, 6.45) is 0. The van der Waals surface area contributed by atoms with Gasteiger partial charge in [0.25, 0.3) is 0 Å². The highest BCUT2D eigenvalue weighted by Gasteiger charge is 2.30. The minimum atomic E-state index is -0.416. The van der Waals surface area contributed by atoms with Crippen molar-refractivity contribution in [3.63, 3.8) is 0 Å². The van der Waals surface area contributed by atoms with E-state index in [2.05, 4.69) is 36.2 Å². The number of ether oxygens (including phenoxy) is 1. The molecule has 156 valence electrons. The maximum Gasteiger partial charge on any atom is 0.340 e. The van der Waals surface area contributed by atoms with Gasteiger partial charge < -0.3 is 19.5 Å². The predicted octanol–water partition coefficient (Wildman–Crippen LogP) is 0.283. The Morgan fingerprint density at radius 1 is 0.966 bits per heavy atom. The van der Waals surface area contributed by atoms with Crippen molar-refractivity contribution in [1.82, 2.24) is 4.98 Å². The molecule has 3 rings (SSSR count). The van der Waals surface area contributed by atoms with E-state index >= 15 is 0 Å². The molecule has 1 aliphatic rings. The van der Waals surface area contributed by atoms with Crippen LogP contribution in [-0.4, -0.2) is 56.1 Å². The number of aryl methyl sites for hydroxylation is 3. The smallest absolute Gasteiger partial charge is 0.340 e. The number of carbonyl (C=O) groups is 2. The van der Waals surface area contributed by atoms with Crippen LogP contribution in [0.1, 0.15) is 50.2 Å². The molecule has 2 heterocycles. The fourth-order valence-corrected chi connectivity index (χ4v) is 4.29. The molecular formula is C23H33N3O3+2. The minimum Gasteiger partial charge on any atom is -0.462 e. The predicted molar refractivity (Wildman–Crippen MR) is 112 cm³/mol. The second kappa shape index (κ2) is 9.37. The average Bonchev–Trinajstić information content (AvgIpc) is 2.99. The molecule has 0 atom stereocenters. The molecule has 0 aliphatic carbocycles. The Balaban J connectivity index is 1.60. The van der Waals surface area contributed by atoms with Crippen LogP contribution in [0.15, 0.2) is 24.3 Å². The van der Waals surface area contributed by atoms with Crippen LogP contribution in [0.2, 0.25) is 0 Å². The Morgan fingerprint density at radius 2 is 1.59 bits per heavy atom. The summed E-state index contributed by atoms with van der Waals surface area (Å²) in [4.78, 5) is 31.4. The quantitative estimate of drug-likeness (QED) is 0.463. The van der Waals surface area contributed by atoms with Gasteiger partial charge >= 0.3 is 5.97 Å². The maximum atomic E-state index is 13.0. The Bertz CT molecular complexity index is 879. The average molecular weight is 400 g/mol. The zero-order valence-electron chi connectivity index (χ0n) is 18.0. The fourth-order valence-electron chi connectivity index (χ4n) is 4.29. The van der Waals surface area contributed by atoms with Crippen molar-refractivity contribution >= 4 is 11.8 Å². The molecule has 6 nitrogen and oxygen atoms in total. The molecule has 29 heavy (non-hydrogen) atoms. The molecule has 1 aliphatic heterocycles. The number of rotatable bonds is 7. The van der Waals surface area contributed by atoms with E-state index in [9.17, 15) is 9.59 Å². The van der Waals surface area contributed by atoms with Crippen molar-refractivity contribution in [2.45, 2.75) is 34.2 Å². The summed E-state index contributed by atoms with van der Waals surface area (Å²) in [5.74, 6) is -0.396. The van der Waals surface area contributed by atoms with Crippen LogP contribution in [0.4, 0.5) is 0 Å². The van der Waals surface area contributed by atoms with Gasteiger partial charge in [-0.1, -0.05) is 24.3 Å². The zero-order valence-corrected chi connectivity index (χ0v) is 18.0. The van der Waals surface area contributed by atoms with Gasteiger partial charge in [0.05, 0.1) is 17.7 Å². The van der Waals surface area contributed by atoms with Gasteiger partial charge in [-0.2, -0.15) is 0 Å². The molecule has 0 radical (unpaired) electrons. The third-order valence-electron chi connectivity index (χ3n) is 5.91. The van der Waals surface area contributed by atoms with Gasteiger partial charge in [-0.3, -0.25) is 4.79 Å². The highest BCUT2D eigenvalue weighted by atomic mass is 16.5. The highest BCUT2D eigenvalue weighted by molar-refractivity contribution is 6.08. The summed E-state index contributed by atoms with van der Waals surface area (Å²) in [6, 6.07) is 8.55. The second-order valence-electron chi connectivity index (χ2n) is 8.05. The third-order valence-corrected chi connectivity index (χ3v) is 5.91. The molecule has 1 aromatic heterocycles. The van der Waals surface area contributed by atoms with Gasteiger partial charge in [-0.05, 0) is 33.3 Å². The molecule has 0 unspecified atom stereocenters. The molecule has 1 aromatic carbocycles. The summed E-state index contributed by atoms with van der Waals surface area (Å²) >= 11 is 0. The van der Waals surface area contributed by atoms with E-state index in [-0.39, 0.29) is 5.78 Å².